The number of amides is 1. The second kappa shape index (κ2) is 9.47. The Morgan fingerprint density at radius 2 is 1.87 bits per heavy atom. The molecule has 1 heterocycles. The van der Waals surface area contributed by atoms with Gasteiger partial charge in [-0.3, -0.25) is 4.79 Å². The molecule has 0 saturated heterocycles. The molecule has 156 valence electrons. The van der Waals surface area contributed by atoms with Crippen LogP contribution in [0.5, 0.6) is 0 Å². The molecule has 1 aliphatic rings. The zero-order valence-corrected chi connectivity index (χ0v) is 18.4. The summed E-state index contributed by atoms with van der Waals surface area (Å²) in [6.07, 6.45) is 3.45. The monoisotopic (exact) mass is 420 g/mol. The van der Waals surface area contributed by atoms with E-state index in [0.29, 0.717) is 17.6 Å². The molecule has 0 unspecified atom stereocenters. The number of nitrogens with one attached hydrogen (secondary N) is 1. The van der Waals surface area contributed by atoms with Crippen molar-refractivity contribution in [2.45, 2.75) is 56.6 Å². The van der Waals surface area contributed by atoms with Gasteiger partial charge in [-0.2, -0.15) is 0 Å². The summed E-state index contributed by atoms with van der Waals surface area (Å²) in [6, 6.07) is 18.5. The van der Waals surface area contributed by atoms with Crippen molar-refractivity contribution in [1.82, 2.24) is 14.8 Å². The van der Waals surface area contributed by atoms with Crippen molar-refractivity contribution >= 4 is 23.4 Å². The Bertz CT molecular complexity index is 980. The summed E-state index contributed by atoms with van der Waals surface area (Å²) in [6.45, 7) is 5.13. The van der Waals surface area contributed by atoms with Crippen LogP contribution in [0.1, 0.15) is 61.9 Å². The molecule has 1 aromatic heterocycles. The first-order valence-electron chi connectivity index (χ1n) is 10.6. The van der Waals surface area contributed by atoms with Gasteiger partial charge in [-0.05, 0) is 48.4 Å². The maximum atomic E-state index is 12.5. The van der Waals surface area contributed by atoms with Crippen LogP contribution in [0.2, 0.25) is 0 Å². The minimum Gasteiger partial charge on any atom is -0.325 e. The Kier molecular flexibility index (Phi) is 6.53. The Hall–Kier alpha value is -2.60. The summed E-state index contributed by atoms with van der Waals surface area (Å²) in [5.74, 6) is 2.36. The third-order valence-electron chi connectivity index (χ3n) is 5.58. The van der Waals surface area contributed by atoms with Gasteiger partial charge in [-0.1, -0.05) is 68.1 Å². The molecule has 30 heavy (non-hydrogen) atoms. The molecule has 1 aliphatic carbocycles. The smallest absolute Gasteiger partial charge is 0.234 e. The number of benzene rings is 2. The van der Waals surface area contributed by atoms with Crippen molar-refractivity contribution < 1.29 is 4.79 Å². The van der Waals surface area contributed by atoms with Gasteiger partial charge in [0.05, 0.1) is 12.3 Å². The van der Waals surface area contributed by atoms with E-state index in [-0.39, 0.29) is 5.91 Å². The molecule has 4 rings (SSSR count). The third-order valence-corrected chi connectivity index (χ3v) is 6.55. The van der Waals surface area contributed by atoms with Gasteiger partial charge in [-0.15, -0.1) is 10.2 Å². The lowest BCUT2D eigenvalue weighted by atomic mass is 9.99. The molecule has 3 aromatic rings. The predicted octanol–water partition coefficient (Wildman–Crippen LogP) is 5.45. The van der Waals surface area contributed by atoms with E-state index in [2.05, 4.69) is 58.2 Å². The van der Waals surface area contributed by atoms with Gasteiger partial charge in [0.1, 0.15) is 5.82 Å². The fourth-order valence-electron chi connectivity index (χ4n) is 3.42. The number of hydrogen-bond acceptors (Lipinski definition) is 4. The van der Waals surface area contributed by atoms with Crippen molar-refractivity contribution in [3.05, 3.63) is 71.5 Å². The maximum absolute atomic E-state index is 12.5. The number of thioether (sulfide) groups is 1. The van der Waals surface area contributed by atoms with Gasteiger partial charge in [0.2, 0.25) is 5.91 Å². The minimum absolute atomic E-state index is 0.0291. The average Bonchev–Trinajstić information content (AvgIpc) is 3.54. The third kappa shape index (κ3) is 5.11. The molecule has 1 fully saturated rings. The number of carbonyl (C=O) groups is 1. The first kappa shape index (κ1) is 20.7. The van der Waals surface area contributed by atoms with Crippen LogP contribution in [-0.4, -0.2) is 26.4 Å². The summed E-state index contributed by atoms with van der Waals surface area (Å²) in [5.41, 5.74) is 3.34. The molecule has 6 heteroatoms. The van der Waals surface area contributed by atoms with E-state index in [1.165, 1.54) is 35.7 Å². The molecule has 0 radical (unpaired) electrons. The van der Waals surface area contributed by atoms with Crippen molar-refractivity contribution in [3.63, 3.8) is 0 Å². The second-order valence-electron chi connectivity index (χ2n) is 7.95. The van der Waals surface area contributed by atoms with Gasteiger partial charge in [-0.25, -0.2) is 0 Å². The van der Waals surface area contributed by atoms with Gasteiger partial charge < -0.3 is 9.88 Å². The highest BCUT2D eigenvalue weighted by Crippen LogP contribution is 2.40. The van der Waals surface area contributed by atoms with Gasteiger partial charge in [0, 0.05) is 11.6 Å². The molecule has 1 saturated carbocycles. The lowest BCUT2D eigenvalue weighted by Gasteiger charge is -2.11. The molecular formula is C24H28N4OS. The molecule has 1 atom stereocenters. The predicted molar refractivity (Wildman–Crippen MR) is 122 cm³/mol. The second-order valence-corrected chi connectivity index (χ2v) is 8.90. The van der Waals surface area contributed by atoms with Gasteiger partial charge in [0.15, 0.2) is 5.16 Å². The standard InChI is InChI=1S/C24H28N4OS/c1-3-17(2)19-11-13-21(14-12-19)25-22(29)16-30-24-27-26-23(20-9-10-20)28(24)15-18-7-5-4-6-8-18/h4-8,11-14,17,20H,3,9-10,15-16H2,1-2H3,(H,25,29)/t17-/m0/s1. The number of nitrogens with zero attached hydrogens (tertiary/aromatic N) is 3. The number of hydrogen-bond donors (Lipinski definition) is 1. The normalized spacial score (nSPS) is 14.5. The van der Waals surface area contributed by atoms with Crippen molar-refractivity contribution in [2.75, 3.05) is 11.1 Å². The van der Waals surface area contributed by atoms with Gasteiger partial charge in [0.25, 0.3) is 0 Å². The highest BCUT2D eigenvalue weighted by molar-refractivity contribution is 7.99. The largest absolute Gasteiger partial charge is 0.325 e. The average molecular weight is 421 g/mol. The highest BCUT2D eigenvalue weighted by Gasteiger charge is 2.30. The lowest BCUT2D eigenvalue weighted by Crippen LogP contribution is -2.15. The van der Waals surface area contributed by atoms with Crippen LogP contribution in [-0.2, 0) is 11.3 Å². The van der Waals surface area contributed by atoms with E-state index in [1.807, 2.05) is 30.3 Å². The van der Waals surface area contributed by atoms with Crippen LogP contribution >= 0.6 is 11.8 Å². The molecule has 0 aliphatic heterocycles. The molecule has 5 nitrogen and oxygen atoms in total. The van der Waals surface area contributed by atoms with Crippen LogP contribution < -0.4 is 5.32 Å². The first-order chi connectivity index (χ1) is 14.6. The zero-order chi connectivity index (χ0) is 20.9. The molecule has 2 aromatic carbocycles. The SMILES string of the molecule is CC[C@H](C)c1ccc(NC(=O)CSc2nnc(C3CC3)n2Cc2ccccc2)cc1. The molecule has 0 spiro atoms. The van der Waals surface area contributed by atoms with E-state index in [9.17, 15) is 4.79 Å². The number of anilines is 1. The van der Waals surface area contributed by atoms with Crippen LogP contribution in [0.25, 0.3) is 0 Å². The van der Waals surface area contributed by atoms with Crippen molar-refractivity contribution in [2.24, 2.45) is 0 Å². The Morgan fingerprint density at radius 3 is 2.53 bits per heavy atom. The molecule has 1 amide bonds. The van der Waals surface area contributed by atoms with Crippen LogP contribution in [0, 0.1) is 0 Å². The summed E-state index contributed by atoms with van der Waals surface area (Å²) < 4.78 is 2.17. The van der Waals surface area contributed by atoms with Crippen LogP contribution in [0.3, 0.4) is 0 Å². The van der Waals surface area contributed by atoms with Crippen molar-refractivity contribution in [3.8, 4) is 0 Å². The fraction of sp³-hybridized carbons (Fsp3) is 0.375. The minimum atomic E-state index is -0.0291. The quantitative estimate of drug-likeness (QED) is 0.468. The Morgan fingerprint density at radius 1 is 1.13 bits per heavy atom. The molecule has 0 bridgehead atoms. The lowest BCUT2D eigenvalue weighted by molar-refractivity contribution is -0.113. The summed E-state index contributed by atoms with van der Waals surface area (Å²) in [4.78, 5) is 12.5. The van der Waals surface area contributed by atoms with E-state index in [4.69, 9.17) is 0 Å². The Balaban J connectivity index is 1.39. The van der Waals surface area contributed by atoms with E-state index in [0.717, 1.165) is 29.6 Å². The topological polar surface area (TPSA) is 59.8 Å². The Labute approximate surface area is 182 Å². The van der Waals surface area contributed by atoms with Crippen LogP contribution in [0.15, 0.2) is 59.8 Å². The number of aromatic nitrogens is 3. The van der Waals surface area contributed by atoms with Gasteiger partial charge >= 0.3 is 0 Å². The molecular weight excluding hydrogens is 392 g/mol. The van der Waals surface area contributed by atoms with E-state index >= 15 is 0 Å². The summed E-state index contributed by atoms with van der Waals surface area (Å²) in [5, 5.41) is 12.6. The van der Waals surface area contributed by atoms with E-state index in [1.54, 1.807) is 0 Å². The molecule has 1 N–H and O–H groups in total. The highest BCUT2D eigenvalue weighted by atomic mass is 32.2. The van der Waals surface area contributed by atoms with Crippen molar-refractivity contribution in [1.29, 1.82) is 0 Å². The van der Waals surface area contributed by atoms with Crippen LogP contribution in [0.4, 0.5) is 5.69 Å². The van der Waals surface area contributed by atoms with E-state index < -0.39 is 0 Å². The zero-order valence-electron chi connectivity index (χ0n) is 17.5. The number of carbonyl (C=O) groups excluding carboxylic acids is 1. The maximum Gasteiger partial charge on any atom is 0.234 e. The first-order valence-corrected chi connectivity index (χ1v) is 11.6. The summed E-state index contributed by atoms with van der Waals surface area (Å²) in [7, 11) is 0. The fourth-order valence-corrected chi connectivity index (χ4v) is 4.17. The number of rotatable bonds is 9. The summed E-state index contributed by atoms with van der Waals surface area (Å²) >= 11 is 1.45.